The van der Waals surface area contributed by atoms with Crippen LogP contribution in [-0.2, 0) is 0 Å². The largest absolute Gasteiger partial charge is 0.423 e. The molecule has 3 nitrogen and oxygen atoms in total. The summed E-state index contributed by atoms with van der Waals surface area (Å²) < 4.78 is 18.3. The lowest BCUT2D eigenvalue weighted by Gasteiger charge is -2.06. The Morgan fingerprint density at radius 1 is 0.828 bits per heavy atom. The molecule has 144 valence electrons. The number of carbonyl (C=O) groups excluding carboxylic acids is 2. The number of halogens is 1. The maximum atomic E-state index is 12.9. The van der Waals surface area contributed by atoms with Crippen LogP contribution in [0.5, 0.6) is 5.75 Å². The summed E-state index contributed by atoms with van der Waals surface area (Å²) in [6.07, 6.45) is 3.06. The first-order valence-electron chi connectivity index (χ1n) is 8.98. The van der Waals surface area contributed by atoms with Crippen LogP contribution in [0.15, 0.2) is 85.5 Å². The van der Waals surface area contributed by atoms with Crippen LogP contribution in [0.1, 0.15) is 38.8 Å². The first-order valence-corrected chi connectivity index (χ1v) is 8.98. The van der Waals surface area contributed by atoms with Crippen molar-refractivity contribution in [3.63, 3.8) is 0 Å². The number of ether oxygens (including phenoxy) is 1. The molecule has 0 aromatic heterocycles. The van der Waals surface area contributed by atoms with Gasteiger partial charge in [0.05, 0.1) is 5.56 Å². The Morgan fingerprint density at radius 3 is 1.97 bits per heavy atom. The standard InChI is InChI=1S/C25H19FO3/c1-17(2)19-6-8-21(9-7-19)25(28)29-23-14-3-18(4-15-23)5-16-24(27)20-10-12-22(26)13-11-20/h3-16H,1H2,2H3. The number of hydrogen-bond donors (Lipinski definition) is 0. The number of allylic oxidation sites excluding steroid dienone is 2. The average Bonchev–Trinajstić information content (AvgIpc) is 2.73. The summed E-state index contributed by atoms with van der Waals surface area (Å²) in [4.78, 5) is 24.3. The molecule has 0 fully saturated rings. The van der Waals surface area contributed by atoms with Crippen LogP contribution in [0.3, 0.4) is 0 Å². The summed E-state index contributed by atoms with van der Waals surface area (Å²) >= 11 is 0. The lowest BCUT2D eigenvalue weighted by Crippen LogP contribution is -2.08. The number of benzene rings is 3. The van der Waals surface area contributed by atoms with E-state index in [1.165, 1.54) is 30.3 Å². The van der Waals surface area contributed by atoms with Gasteiger partial charge in [-0.25, -0.2) is 9.18 Å². The summed E-state index contributed by atoms with van der Waals surface area (Å²) in [6, 6.07) is 19.2. The van der Waals surface area contributed by atoms with Crippen molar-refractivity contribution in [2.75, 3.05) is 0 Å². The molecule has 0 aliphatic carbocycles. The zero-order chi connectivity index (χ0) is 20.8. The smallest absolute Gasteiger partial charge is 0.343 e. The maximum Gasteiger partial charge on any atom is 0.343 e. The van der Waals surface area contributed by atoms with Crippen LogP contribution in [0.4, 0.5) is 4.39 Å². The molecule has 0 bridgehead atoms. The predicted molar refractivity (Wildman–Crippen MR) is 112 cm³/mol. The molecule has 0 amide bonds. The molecule has 0 spiro atoms. The third-order valence-corrected chi connectivity index (χ3v) is 4.26. The van der Waals surface area contributed by atoms with E-state index in [0.29, 0.717) is 16.9 Å². The van der Waals surface area contributed by atoms with Crippen LogP contribution < -0.4 is 4.74 Å². The van der Waals surface area contributed by atoms with Crippen LogP contribution in [0.2, 0.25) is 0 Å². The summed E-state index contributed by atoms with van der Waals surface area (Å²) in [5, 5.41) is 0. The minimum absolute atomic E-state index is 0.223. The minimum Gasteiger partial charge on any atom is -0.423 e. The van der Waals surface area contributed by atoms with Gasteiger partial charge in [-0.3, -0.25) is 4.79 Å². The molecule has 0 atom stereocenters. The van der Waals surface area contributed by atoms with Gasteiger partial charge in [-0.05, 0) is 72.7 Å². The molecule has 0 unspecified atom stereocenters. The number of rotatable bonds is 6. The van der Waals surface area contributed by atoms with E-state index in [9.17, 15) is 14.0 Å². The van der Waals surface area contributed by atoms with E-state index in [-0.39, 0.29) is 11.6 Å². The molecular weight excluding hydrogens is 367 g/mol. The van der Waals surface area contributed by atoms with Gasteiger partial charge in [0, 0.05) is 5.56 Å². The van der Waals surface area contributed by atoms with Crippen molar-refractivity contribution in [3.8, 4) is 5.75 Å². The van der Waals surface area contributed by atoms with Crippen molar-refractivity contribution < 1.29 is 18.7 Å². The molecule has 0 aliphatic heterocycles. The van der Waals surface area contributed by atoms with Gasteiger partial charge in [0.25, 0.3) is 0 Å². The highest BCUT2D eigenvalue weighted by atomic mass is 19.1. The molecular formula is C25H19FO3. The number of esters is 1. The number of carbonyl (C=O) groups is 2. The summed E-state index contributed by atoms with van der Waals surface area (Å²) in [5.74, 6) is -0.657. The lowest BCUT2D eigenvalue weighted by atomic mass is 10.1. The van der Waals surface area contributed by atoms with E-state index in [1.54, 1.807) is 42.5 Å². The van der Waals surface area contributed by atoms with E-state index in [2.05, 4.69) is 6.58 Å². The zero-order valence-electron chi connectivity index (χ0n) is 15.9. The van der Waals surface area contributed by atoms with E-state index in [0.717, 1.165) is 16.7 Å². The van der Waals surface area contributed by atoms with Gasteiger partial charge in [-0.1, -0.05) is 42.5 Å². The molecule has 0 aliphatic rings. The molecule has 0 saturated carbocycles. The zero-order valence-corrected chi connectivity index (χ0v) is 15.9. The molecule has 0 radical (unpaired) electrons. The first kappa shape index (κ1) is 20.0. The van der Waals surface area contributed by atoms with Crippen molar-refractivity contribution in [3.05, 3.63) is 114 Å². The SMILES string of the molecule is C=C(C)c1ccc(C(=O)Oc2ccc(C=CC(=O)c3ccc(F)cc3)cc2)cc1. The third-order valence-electron chi connectivity index (χ3n) is 4.26. The average molecular weight is 386 g/mol. The summed E-state index contributed by atoms with van der Waals surface area (Å²) in [7, 11) is 0. The molecule has 4 heteroatoms. The molecule has 0 N–H and O–H groups in total. The van der Waals surface area contributed by atoms with E-state index < -0.39 is 5.97 Å². The highest BCUT2D eigenvalue weighted by molar-refractivity contribution is 6.06. The van der Waals surface area contributed by atoms with Crippen molar-refractivity contribution >= 4 is 23.4 Å². The third kappa shape index (κ3) is 5.36. The Balaban J connectivity index is 1.62. The molecule has 0 saturated heterocycles. The van der Waals surface area contributed by atoms with Crippen LogP contribution in [-0.4, -0.2) is 11.8 Å². The molecule has 29 heavy (non-hydrogen) atoms. The first-order chi connectivity index (χ1) is 13.9. The lowest BCUT2D eigenvalue weighted by molar-refractivity contribution is 0.0734. The van der Waals surface area contributed by atoms with Gasteiger partial charge >= 0.3 is 5.97 Å². The van der Waals surface area contributed by atoms with Gasteiger partial charge in [-0.15, -0.1) is 0 Å². The number of ketones is 1. The van der Waals surface area contributed by atoms with Crippen molar-refractivity contribution in [1.82, 2.24) is 0 Å². The van der Waals surface area contributed by atoms with Gasteiger partial charge in [-0.2, -0.15) is 0 Å². The normalized spacial score (nSPS) is 10.7. The molecule has 3 aromatic rings. The summed E-state index contributed by atoms with van der Waals surface area (Å²) in [5.41, 5.74) is 3.51. The van der Waals surface area contributed by atoms with Crippen molar-refractivity contribution in [1.29, 1.82) is 0 Å². The fraction of sp³-hybridized carbons (Fsp3) is 0.0400. The summed E-state index contributed by atoms with van der Waals surface area (Å²) in [6.45, 7) is 5.76. The molecule has 3 aromatic carbocycles. The monoisotopic (exact) mass is 386 g/mol. The van der Waals surface area contributed by atoms with Crippen molar-refractivity contribution in [2.24, 2.45) is 0 Å². The fourth-order valence-corrected chi connectivity index (χ4v) is 2.59. The van der Waals surface area contributed by atoms with E-state index in [4.69, 9.17) is 4.74 Å². The van der Waals surface area contributed by atoms with E-state index in [1.807, 2.05) is 19.1 Å². The maximum absolute atomic E-state index is 12.9. The highest BCUT2D eigenvalue weighted by Crippen LogP contribution is 2.17. The molecule has 0 heterocycles. The van der Waals surface area contributed by atoms with Crippen LogP contribution >= 0.6 is 0 Å². The Morgan fingerprint density at radius 2 is 1.38 bits per heavy atom. The topological polar surface area (TPSA) is 43.4 Å². The second-order valence-electron chi connectivity index (χ2n) is 6.52. The van der Waals surface area contributed by atoms with Crippen LogP contribution in [0.25, 0.3) is 11.6 Å². The Hall–Kier alpha value is -3.79. The molecule has 3 rings (SSSR count). The van der Waals surface area contributed by atoms with Gasteiger partial charge in [0.1, 0.15) is 11.6 Å². The Bertz CT molecular complexity index is 1060. The van der Waals surface area contributed by atoms with Crippen molar-refractivity contribution in [2.45, 2.75) is 6.92 Å². The van der Waals surface area contributed by atoms with Crippen LogP contribution in [0, 0.1) is 5.82 Å². The number of hydrogen-bond acceptors (Lipinski definition) is 3. The highest BCUT2D eigenvalue weighted by Gasteiger charge is 2.09. The quantitative estimate of drug-likeness (QED) is 0.227. The van der Waals surface area contributed by atoms with Gasteiger partial charge in [0.2, 0.25) is 0 Å². The second kappa shape index (κ2) is 8.93. The Labute approximate surface area is 168 Å². The van der Waals surface area contributed by atoms with Gasteiger partial charge in [0.15, 0.2) is 5.78 Å². The van der Waals surface area contributed by atoms with E-state index >= 15 is 0 Å². The minimum atomic E-state index is -0.451. The van der Waals surface area contributed by atoms with Gasteiger partial charge < -0.3 is 4.74 Å². The Kier molecular flexibility index (Phi) is 6.15. The predicted octanol–water partition coefficient (Wildman–Crippen LogP) is 5.97. The second-order valence-corrected chi connectivity index (χ2v) is 6.52. The fourth-order valence-electron chi connectivity index (χ4n) is 2.59.